The lowest BCUT2D eigenvalue weighted by molar-refractivity contribution is -0.355. The first-order valence-electron chi connectivity index (χ1n) is 7.08. The molecule has 2 aliphatic heterocycles. The molecule has 0 unspecified atom stereocenters. The topological polar surface area (TPSA) is 190 Å². The quantitative estimate of drug-likeness (QED) is 0.243. The zero-order valence-electron chi connectivity index (χ0n) is 12.0. The van der Waals surface area contributed by atoms with E-state index in [1.807, 2.05) is 0 Å². The summed E-state index contributed by atoms with van der Waals surface area (Å²) in [6.07, 6.45) is -15.6. The second-order valence-corrected chi connectivity index (χ2v) is 5.53. The molecule has 23 heavy (non-hydrogen) atoms. The molecule has 8 N–H and O–H groups in total. The molecule has 11 nitrogen and oxygen atoms in total. The summed E-state index contributed by atoms with van der Waals surface area (Å²) >= 11 is 0. The minimum Gasteiger partial charge on any atom is -0.394 e. The molecule has 0 amide bonds. The third-order valence-corrected chi connectivity index (χ3v) is 3.98. The molecule has 2 fully saturated rings. The Balaban J connectivity index is 2.11. The molecule has 0 aliphatic carbocycles. The van der Waals surface area contributed by atoms with Gasteiger partial charge >= 0.3 is 0 Å². The Hall–Kier alpha value is -0.440. The maximum absolute atomic E-state index is 9.94. The molecule has 2 rings (SSSR count). The molecule has 0 bridgehead atoms. The highest BCUT2D eigenvalue weighted by molar-refractivity contribution is 4.93. The van der Waals surface area contributed by atoms with Crippen LogP contribution < -0.4 is 0 Å². The molecular weight excluding hydrogens is 320 g/mol. The standard InChI is InChI=1S/C12H22O11/c13-1-3-5(15)6(16)9(19)12(22-3)23-10-4(2-14)21-11(20)8(18)7(10)17/h3-20H,1-2H2/t3-,4-,5-,6+,7-,8-,9+,10-,11-,12-/m1/s1. The van der Waals surface area contributed by atoms with Gasteiger partial charge in [-0.1, -0.05) is 0 Å². The fourth-order valence-electron chi connectivity index (χ4n) is 2.57. The molecule has 2 heterocycles. The largest absolute Gasteiger partial charge is 0.394 e. The first kappa shape index (κ1) is 18.9. The Morgan fingerprint density at radius 2 is 1.26 bits per heavy atom. The van der Waals surface area contributed by atoms with E-state index in [1.165, 1.54) is 0 Å². The van der Waals surface area contributed by atoms with Crippen molar-refractivity contribution < 1.29 is 55.1 Å². The van der Waals surface area contributed by atoms with E-state index in [0.717, 1.165) is 0 Å². The second-order valence-electron chi connectivity index (χ2n) is 5.53. The van der Waals surface area contributed by atoms with Gasteiger partial charge in [0, 0.05) is 0 Å². The van der Waals surface area contributed by atoms with Crippen LogP contribution in [0, 0.1) is 0 Å². The van der Waals surface area contributed by atoms with Crippen LogP contribution in [0.25, 0.3) is 0 Å². The van der Waals surface area contributed by atoms with Gasteiger partial charge in [-0.25, -0.2) is 0 Å². The molecule has 2 aliphatic rings. The lowest BCUT2D eigenvalue weighted by Crippen LogP contribution is -2.64. The van der Waals surface area contributed by atoms with Crippen molar-refractivity contribution in [2.24, 2.45) is 0 Å². The van der Waals surface area contributed by atoms with E-state index in [9.17, 15) is 35.7 Å². The Bertz CT molecular complexity index is 378. The van der Waals surface area contributed by atoms with Gasteiger partial charge in [0.2, 0.25) is 0 Å². The Morgan fingerprint density at radius 3 is 1.83 bits per heavy atom. The summed E-state index contributed by atoms with van der Waals surface area (Å²) < 4.78 is 15.3. The summed E-state index contributed by atoms with van der Waals surface area (Å²) in [7, 11) is 0. The van der Waals surface area contributed by atoms with Gasteiger partial charge in [0.15, 0.2) is 12.6 Å². The van der Waals surface area contributed by atoms with Crippen LogP contribution in [0.3, 0.4) is 0 Å². The van der Waals surface area contributed by atoms with Crippen LogP contribution in [0.2, 0.25) is 0 Å². The first-order valence-corrected chi connectivity index (χ1v) is 7.08. The maximum Gasteiger partial charge on any atom is 0.187 e. The maximum atomic E-state index is 9.94. The minimum atomic E-state index is -1.74. The van der Waals surface area contributed by atoms with Gasteiger partial charge in [-0.15, -0.1) is 0 Å². The van der Waals surface area contributed by atoms with Gasteiger partial charge in [-0.05, 0) is 0 Å². The third kappa shape index (κ3) is 3.65. The highest BCUT2D eigenvalue weighted by Crippen LogP contribution is 2.28. The van der Waals surface area contributed by atoms with Crippen molar-refractivity contribution >= 4 is 0 Å². The molecule has 0 radical (unpaired) electrons. The van der Waals surface area contributed by atoms with E-state index in [4.69, 9.17) is 19.3 Å². The van der Waals surface area contributed by atoms with Gasteiger partial charge in [-0.3, -0.25) is 0 Å². The third-order valence-electron chi connectivity index (χ3n) is 3.98. The number of aliphatic hydroxyl groups excluding tert-OH is 8. The molecule has 0 aromatic carbocycles. The molecule has 10 atom stereocenters. The molecule has 11 heteroatoms. The highest BCUT2D eigenvalue weighted by atomic mass is 16.7. The van der Waals surface area contributed by atoms with E-state index in [1.54, 1.807) is 0 Å². The van der Waals surface area contributed by atoms with Crippen LogP contribution >= 0.6 is 0 Å². The number of rotatable bonds is 4. The van der Waals surface area contributed by atoms with Crippen molar-refractivity contribution in [1.29, 1.82) is 0 Å². The Morgan fingerprint density at radius 1 is 0.652 bits per heavy atom. The van der Waals surface area contributed by atoms with E-state index in [0.29, 0.717) is 0 Å². The monoisotopic (exact) mass is 342 g/mol. The summed E-state index contributed by atoms with van der Waals surface area (Å²) in [6, 6.07) is 0. The zero-order valence-corrected chi connectivity index (χ0v) is 12.0. The summed E-state index contributed by atoms with van der Waals surface area (Å²) in [6.45, 7) is -1.35. The number of hydrogen-bond donors (Lipinski definition) is 8. The summed E-state index contributed by atoms with van der Waals surface area (Å²) in [5.41, 5.74) is 0. The molecule has 136 valence electrons. The SMILES string of the molecule is OC[C@H]1O[C@H](O[C@H]2[C@H](O)[C@@H](O)[C@H](O)O[C@@H]2CO)[C@@H](O)[C@@H](O)[C@@H]1O. The zero-order chi connectivity index (χ0) is 17.3. The predicted molar refractivity (Wildman–Crippen MR) is 68.6 cm³/mol. The van der Waals surface area contributed by atoms with Gasteiger partial charge in [0.1, 0.15) is 48.8 Å². The molecule has 2 saturated heterocycles. The highest BCUT2D eigenvalue weighted by Gasteiger charge is 2.50. The van der Waals surface area contributed by atoms with Crippen molar-refractivity contribution in [3.05, 3.63) is 0 Å². The fraction of sp³-hybridized carbons (Fsp3) is 1.00. The normalized spacial score (nSPS) is 51.7. The van der Waals surface area contributed by atoms with E-state index >= 15 is 0 Å². The van der Waals surface area contributed by atoms with E-state index in [-0.39, 0.29) is 0 Å². The summed E-state index contributed by atoms with van der Waals surface area (Å²) in [4.78, 5) is 0. The van der Waals surface area contributed by atoms with Crippen LogP contribution in [0.4, 0.5) is 0 Å². The van der Waals surface area contributed by atoms with Crippen LogP contribution in [0.5, 0.6) is 0 Å². The van der Waals surface area contributed by atoms with Gasteiger partial charge < -0.3 is 55.1 Å². The second kappa shape index (κ2) is 7.63. The van der Waals surface area contributed by atoms with Crippen molar-refractivity contribution in [2.75, 3.05) is 13.2 Å². The number of aliphatic hydroxyl groups is 8. The number of ether oxygens (including phenoxy) is 3. The smallest absolute Gasteiger partial charge is 0.187 e. The van der Waals surface area contributed by atoms with Crippen molar-refractivity contribution in [1.82, 2.24) is 0 Å². The lowest BCUT2D eigenvalue weighted by Gasteiger charge is -2.45. The minimum absolute atomic E-state index is 0.667. The lowest BCUT2D eigenvalue weighted by atomic mass is 9.97. The summed E-state index contributed by atoms with van der Waals surface area (Å²) in [5, 5.41) is 76.5. The van der Waals surface area contributed by atoms with Gasteiger partial charge in [0.25, 0.3) is 0 Å². The average Bonchev–Trinajstić information content (AvgIpc) is 2.55. The fourth-order valence-corrected chi connectivity index (χ4v) is 2.57. The van der Waals surface area contributed by atoms with Crippen molar-refractivity contribution in [3.8, 4) is 0 Å². The molecule has 0 aromatic rings. The molecule has 0 aromatic heterocycles. The molecular formula is C12H22O11. The summed E-state index contributed by atoms with van der Waals surface area (Å²) in [5.74, 6) is 0. The number of hydrogen-bond acceptors (Lipinski definition) is 11. The van der Waals surface area contributed by atoms with Gasteiger partial charge in [-0.2, -0.15) is 0 Å². The van der Waals surface area contributed by atoms with Gasteiger partial charge in [0.05, 0.1) is 13.2 Å². The van der Waals surface area contributed by atoms with Crippen molar-refractivity contribution in [2.45, 2.75) is 61.4 Å². The molecule has 0 saturated carbocycles. The average molecular weight is 342 g/mol. The van der Waals surface area contributed by atoms with Crippen molar-refractivity contribution in [3.63, 3.8) is 0 Å². The first-order chi connectivity index (χ1) is 10.8. The van der Waals surface area contributed by atoms with Crippen LogP contribution in [-0.4, -0.2) is 115 Å². The van der Waals surface area contributed by atoms with Crippen LogP contribution in [-0.2, 0) is 14.2 Å². The van der Waals surface area contributed by atoms with E-state index in [2.05, 4.69) is 0 Å². The Kier molecular flexibility index (Phi) is 6.27. The van der Waals surface area contributed by atoms with Crippen LogP contribution in [0.15, 0.2) is 0 Å². The Labute approximate surface area is 130 Å². The predicted octanol–water partition coefficient (Wildman–Crippen LogP) is -5.40. The van der Waals surface area contributed by atoms with E-state index < -0.39 is 74.6 Å². The molecule has 0 spiro atoms. The van der Waals surface area contributed by atoms with Crippen LogP contribution in [0.1, 0.15) is 0 Å².